The van der Waals surface area contributed by atoms with Crippen molar-refractivity contribution in [1.29, 1.82) is 0 Å². The predicted molar refractivity (Wildman–Crippen MR) is 71.4 cm³/mol. The highest BCUT2D eigenvalue weighted by atomic mass is 19.4. The summed E-state index contributed by atoms with van der Waals surface area (Å²) in [5.74, 6) is 0. The van der Waals surface area contributed by atoms with Crippen LogP contribution in [0.2, 0.25) is 0 Å². The molecule has 1 rings (SSSR count). The van der Waals surface area contributed by atoms with Gasteiger partial charge in [-0.1, -0.05) is 19.1 Å². The number of alkyl halides is 3. The molecule has 7 heteroatoms. The molecule has 0 atom stereocenters. The van der Waals surface area contributed by atoms with Gasteiger partial charge in [-0.3, -0.25) is 0 Å². The summed E-state index contributed by atoms with van der Waals surface area (Å²) in [6.45, 7) is 2.87. The molecule has 0 fully saturated rings. The number of para-hydroxylation sites is 1. The van der Waals surface area contributed by atoms with Crippen LogP contribution in [0.1, 0.15) is 18.9 Å². The molecule has 3 N–H and O–H groups in total. The molecule has 0 aromatic heterocycles. The standard InChI is InChI=1S/C13H18F3N3O/c1-2-8-19(9-7-17)12(20)18-11-6-4-3-5-10(11)13(14,15)16/h3-6H,2,7-9,17H2,1H3,(H,18,20). The van der Waals surface area contributed by atoms with E-state index in [1.54, 1.807) is 0 Å². The molecule has 4 nitrogen and oxygen atoms in total. The number of urea groups is 1. The minimum Gasteiger partial charge on any atom is -0.329 e. The number of rotatable bonds is 5. The van der Waals surface area contributed by atoms with Gasteiger partial charge in [0, 0.05) is 19.6 Å². The molecular weight excluding hydrogens is 271 g/mol. The van der Waals surface area contributed by atoms with Gasteiger partial charge in [0.1, 0.15) is 0 Å². The number of hydrogen-bond acceptors (Lipinski definition) is 2. The maximum Gasteiger partial charge on any atom is 0.418 e. The second-order valence-corrected chi connectivity index (χ2v) is 4.25. The van der Waals surface area contributed by atoms with Crippen LogP contribution in [0.25, 0.3) is 0 Å². The third-order valence-electron chi connectivity index (χ3n) is 2.65. The summed E-state index contributed by atoms with van der Waals surface area (Å²) in [4.78, 5) is 13.4. The number of nitrogens with one attached hydrogen (secondary N) is 1. The van der Waals surface area contributed by atoms with Crippen molar-refractivity contribution >= 4 is 11.7 Å². The molecule has 0 unspecified atom stereocenters. The fourth-order valence-electron chi connectivity index (χ4n) is 1.77. The van der Waals surface area contributed by atoms with Crippen LogP contribution in [-0.2, 0) is 6.18 Å². The molecule has 1 aromatic rings. The first kappa shape index (κ1) is 16.3. The number of benzene rings is 1. The molecule has 0 aliphatic rings. The van der Waals surface area contributed by atoms with Crippen LogP contribution in [0, 0.1) is 0 Å². The van der Waals surface area contributed by atoms with E-state index >= 15 is 0 Å². The topological polar surface area (TPSA) is 58.4 Å². The minimum atomic E-state index is -4.51. The van der Waals surface area contributed by atoms with Gasteiger partial charge in [0.25, 0.3) is 0 Å². The van der Waals surface area contributed by atoms with E-state index in [1.165, 1.54) is 23.1 Å². The van der Waals surface area contributed by atoms with Crippen molar-refractivity contribution in [2.45, 2.75) is 19.5 Å². The fraction of sp³-hybridized carbons (Fsp3) is 0.462. The van der Waals surface area contributed by atoms with Gasteiger partial charge in [0.05, 0.1) is 11.3 Å². The van der Waals surface area contributed by atoms with Crippen LogP contribution < -0.4 is 11.1 Å². The van der Waals surface area contributed by atoms with E-state index < -0.39 is 17.8 Å². The Morgan fingerprint density at radius 2 is 1.95 bits per heavy atom. The lowest BCUT2D eigenvalue weighted by Gasteiger charge is -2.23. The first-order chi connectivity index (χ1) is 9.40. The van der Waals surface area contributed by atoms with Crippen molar-refractivity contribution in [2.24, 2.45) is 5.73 Å². The molecule has 0 heterocycles. The smallest absolute Gasteiger partial charge is 0.329 e. The zero-order valence-electron chi connectivity index (χ0n) is 11.2. The molecule has 0 saturated heterocycles. The molecule has 0 radical (unpaired) electrons. The Morgan fingerprint density at radius 1 is 1.30 bits per heavy atom. The minimum absolute atomic E-state index is 0.247. The molecule has 0 aliphatic carbocycles. The van der Waals surface area contributed by atoms with Crippen LogP contribution in [0.5, 0.6) is 0 Å². The lowest BCUT2D eigenvalue weighted by Crippen LogP contribution is -2.39. The molecule has 0 bridgehead atoms. The quantitative estimate of drug-likeness (QED) is 0.875. The number of anilines is 1. The summed E-state index contributed by atoms with van der Waals surface area (Å²) in [5, 5.41) is 2.30. The number of nitrogens with two attached hydrogens (primary N) is 1. The average molecular weight is 289 g/mol. The van der Waals surface area contributed by atoms with E-state index in [1.807, 2.05) is 6.92 Å². The van der Waals surface area contributed by atoms with E-state index in [9.17, 15) is 18.0 Å². The Labute approximate surface area is 115 Å². The molecule has 0 spiro atoms. The molecule has 2 amide bonds. The van der Waals surface area contributed by atoms with Gasteiger partial charge in [0.15, 0.2) is 0 Å². The first-order valence-electron chi connectivity index (χ1n) is 6.32. The normalized spacial score (nSPS) is 11.2. The van der Waals surface area contributed by atoms with E-state index in [2.05, 4.69) is 5.32 Å². The van der Waals surface area contributed by atoms with Crippen molar-refractivity contribution < 1.29 is 18.0 Å². The van der Waals surface area contributed by atoms with Crippen molar-refractivity contribution in [3.05, 3.63) is 29.8 Å². The number of halogens is 3. The Kier molecular flexibility index (Phi) is 5.82. The lowest BCUT2D eigenvalue weighted by atomic mass is 10.1. The third kappa shape index (κ3) is 4.41. The van der Waals surface area contributed by atoms with Crippen molar-refractivity contribution in [2.75, 3.05) is 25.0 Å². The van der Waals surface area contributed by atoms with Crippen LogP contribution >= 0.6 is 0 Å². The van der Waals surface area contributed by atoms with Crippen molar-refractivity contribution in [3.63, 3.8) is 0 Å². The highest BCUT2D eigenvalue weighted by Crippen LogP contribution is 2.34. The lowest BCUT2D eigenvalue weighted by molar-refractivity contribution is -0.136. The third-order valence-corrected chi connectivity index (χ3v) is 2.65. The van der Waals surface area contributed by atoms with Gasteiger partial charge in [-0.15, -0.1) is 0 Å². The average Bonchev–Trinajstić information content (AvgIpc) is 2.38. The van der Waals surface area contributed by atoms with Crippen LogP contribution in [-0.4, -0.2) is 30.6 Å². The summed E-state index contributed by atoms with van der Waals surface area (Å²) >= 11 is 0. The summed E-state index contributed by atoms with van der Waals surface area (Å²) in [6, 6.07) is 4.31. The Morgan fingerprint density at radius 3 is 2.50 bits per heavy atom. The Hall–Kier alpha value is -1.76. The number of nitrogens with zero attached hydrogens (tertiary/aromatic N) is 1. The maximum atomic E-state index is 12.8. The van der Waals surface area contributed by atoms with Gasteiger partial charge in [-0.25, -0.2) is 4.79 Å². The molecule has 20 heavy (non-hydrogen) atoms. The van der Waals surface area contributed by atoms with Crippen LogP contribution in [0.4, 0.5) is 23.7 Å². The van der Waals surface area contributed by atoms with E-state index in [-0.39, 0.29) is 12.2 Å². The van der Waals surface area contributed by atoms with Gasteiger partial charge in [0.2, 0.25) is 0 Å². The molecule has 112 valence electrons. The largest absolute Gasteiger partial charge is 0.418 e. The Bertz CT molecular complexity index is 443. The van der Waals surface area contributed by atoms with Crippen LogP contribution in [0.15, 0.2) is 24.3 Å². The van der Waals surface area contributed by atoms with E-state index in [0.29, 0.717) is 19.5 Å². The zero-order chi connectivity index (χ0) is 15.2. The van der Waals surface area contributed by atoms with Crippen LogP contribution in [0.3, 0.4) is 0 Å². The monoisotopic (exact) mass is 289 g/mol. The molecule has 0 saturated carbocycles. The van der Waals surface area contributed by atoms with Gasteiger partial charge >= 0.3 is 12.2 Å². The van der Waals surface area contributed by atoms with E-state index in [4.69, 9.17) is 5.73 Å². The number of carbonyl (C=O) groups excluding carboxylic acids is 1. The van der Waals surface area contributed by atoms with E-state index in [0.717, 1.165) is 6.07 Å². The number of hydrogen-bond donors (Lipinski definition) is 2. The summed E-state index contributed by atoms with van der Waals surface area (Å²) in [7, 11) is 0. The van der Waals surface area contributed by atoms with Crippen molar-refractivity contribution in [3.8, 4) is 0 Å². The zero-order valence-corrected chi connectivity index (χ0v) is 11.2. The van der Waals surface area contributed by atoms with Gasteiger partial charge < -0.3 is 16.0 Å². The summed E-state index contributed by atoms with van der Waals surface area (Å²) < 4.78 is 38.4. The second-order valence-electron chi connectivity index (χ2n) is 4.25. The van der Waals surface area contributed by atoms with Gasteiger partial charge in [-0.2, -0.15) is 13.2 Å². The Balaban J connectivity index is 2.89. The molecule has 0 aliphatic heterocycles. The number of carbonyl (C=O) groups is 1. The first-order valence-corrected chi connectivity index (χ1v) is 6.32. The second kappa shape index (κ2) is 7.14. The van der Waals surface area contributed by atoms with Gasteiger partial charge in [-0.05, 0) is 18.6 Å². The predicted octanol–water partition coefficient (Wildman–Crippen LogP) is 2.91. The maximum absolute atomic E-state index is 12.8. The highest BCUT2D eigenvalue weighted by Gasteiger charge is 2.33. The summed E-state index contributed by atoms with van der Waals surface area (Å²) in [6.07, 6.45) is -3.80. The molecule has 1 aromatic carbocycles. The van der Waals surface area contributed by atoms with Crippen molar-refractivity contribution in [1.82, 2.24) is 4.90 Å². The highest BCUT2D eigenvalue weighted by molar-refractivity contribution is 5.90. The fourth-order valence-corrected chi connectivity index (χ4v) is 1.77. The molecular formula is C13H18F3N3O. The SMILES string of the molecule is CCCN(CCN)C(=O)Nc1ccccc1C(F)(F)F. The number of amides is 2. The summed E-state index contributed by atoms with van der Waals surface area (Å²) in [5.41, 5.74) is 4.28.